The maximum atomic E-state index is 12.3. The average Bonchev–Trinajstić information content (AvgIpc) is 2.79. The van der Waals surface area contributed by atoms with Crippen molar-refractivity contribution in [2.45, 2.75) is 24.3 Å². The third kappa shape index (κ3) is 3.62. The molecule has 1 aromatic carbocycles. The number of halogens is 1. The van der Waals surface area contributed by atoms with Crippen LogP contribution >= 0.6 is 15.9 Å². The van der Waals surface area contributed by atoms with E-state index in [0.29, 0.717) is 6.42 Å². The number of rotatable bonds is 5. The van der Waals surface area contributed by atoms with Crippen LogP contribution in [0.3, 0.4) is 0 Å². The van der Waals surface area contributed by atoms with Crippen molar-refractivity contribution in [2.75, 3.05) is 5.73 Å². The van der Waals surface area contributed by atoms with E-state index in [0.717, 1.165) is 10.2 Å². The summed E-state index contributed by atoms with van der Waals surface area (Å²) in [6.07, 6.45) is 2.03. The van der Waals surface area contributed by atoms with Crippen molar-refractivity contribution in [3.63, 3.8) is 0 Å². The number of sulfonamides is 1. The summed E-state index contributed by atoms with van der Waals surface area (Å²) in [4.78, 5) is 0.0759. The summed E-state index contributed by atoms with van der Waals surface area (Å²) in [5, 5.41) is 0. The maximum absolute atomic E-state index is 12.3. The molecule has 3 N–H and O–H groups in total. The number of benzene rings is 1. The number of nitrogens with one attached hydrogen (secondary N) is 1. The molecular weight excluding hydrogens is 344 g/mol. The highest BCUT2D eigenvalue weighted by molar-refractivity contribution is 9.10. The summed E-state index contributed by atoms with van der Waals surface area (Å²) < 4.78 is 33.1. The second kappa shape index (κ2) is 5.99. The van der Waals surface area contributed by atoms with Crippen molar-refractivity contribution in [1.82, 2.24) is 4.72 Å². The molecule has 20 heavy (non-hydrogen) atoms. The topological polar surface area (TPSA) is 85.3 Å². The first-order valence-electron chi connectivity index (χ1n) is 5.98. The van der Waals surface area contributed by atoms with Gasteiger partial charge < -0.3 is 10.2 Å². The van der Waals surface area contributed by atoms with Gasteiger partial charge in [-0.3, -0.25) is 0 Å². The fourth-order valence-corrected chi connectivity index (χ4v) is 3.60. The van der Waals surface area contributed by atoms with E-state index >= 15 is 0 Å². The van der Waals surface area contributed by atoms with Gasteiger partial charge in [0.05, 0.1) is 12.0 Å². The van der Waals surface area contributed by atoms with Crippen LogP contribution < -0.4 is 10.5 Å². The van der Waals surface area contributed by atoms with E-state index in [1.807, 2.05) is 0 Å². The molecule has 0 aliphatic rings. The Labute approximate surface area is 126 Å². The van der Waals surface area contributed by atoms with E-state index in [-0.39, 0.29) is 16.6 Å². The molecule has 1 aromatic heterocycles. The predicted octanol–water partition coefficient (Wildman–Crippen LogP) is 2.53. The number of furan rings is 1. The van der Waals surface area contributed by atoms with E-state index in [9.17, 15) is 8.42 Å². The molecule has 0 bridgehead atoms. The molecular formula is C13H15BrN2O3S. The Bertz CT molecular complexity index is 684. The van der Waals surface area contributed by atoms with Gasteiger partial charge >= 0.3 is 0 Å². The minimum atomic E-state index is -3.65. The molecule has 5 nitrogen and oxygen atoms in total. The van der Waals surface area contributed by atoms with Crippen molar-refractivity contribution >= 4 is 31.6 Å². The van der Waals surface area contributed by atoms with Gasteiger partial charge in [0.2, 0.25) is 10.0 Å². The first-order chi connectivity index (χ1) is 9.38. The molecule has 0 saturated heterocycles. The van der Waals surface area contributed by atoms with E-state index in [1.54, 1.807) is 37.5 Å². The maximum Gasteiger partial charge on any atom is 0.242 e. The molecule has 0 radical (unpaired) electrons. The molecule has 7 heteroatoms. The van der Waals surface area contributed by atoms with Crippen molar-refractivity contribution in [1.29, 1.82) is 0 Å². The molecule has 1 atom stereocenters. The van der Waals surface area contributed by atoms with E-state index in [2.05, 4.69) is 20.7 Å². The molecule has 0 fully saturated rings. The van der Waals surface area contributed by atoms with Crippen LogP contribution in [0.25, 0.3) is 0 Å². The molecule has 108 valence electrons. The van der Waals surface area contributed by atoms with Gasteiger partial charge in [-0.05, 0) is 37.3 Å². The van der Waals surface area contributed by atoms with E-state index in [1.165, 1.54) is 6.07 Å². The summed E-state index contributed by atoms with van der Waals surface area (Å²) in [5.74, 6) is 0.726. The molecule has 0 amide bonds. The van der Waals surface area contributed by atoms with Gasteiger partial charge in [-0.25, -0.2) is 13.1 Å². The smallest absolute Gasteiger partial charge is 0.242 e. The van der Waals surface area contributed by atoms with Crippen LogP contribution in [0.15, 0.2) is 50.4 Å². The first kappa shape index (κ1) is 15.1. The number of nitrogens with two attached hydrogens (primary N) is 1. The molecule has 2 aromatic rings. The van der Waals surface area contributed by atoms with Crippen molar-refractivity contribution in [2.24, 2.45) is 0 Å². The average molecular weight is 359 g/mol. The summed E-state index contributed by atoms with van der Waals surface area (Å²) in [5.41, 5.74) is 5.96. The van der Waals surface area contributed by atoms with Crippen LogP contribution in [0.4, 0.5) is 5.69 Å². The van der Waals surface area contributed by atoms with Crippen LogP contribution in [-0.4, -0.2) is 14.5 Å². The van der Waals surface area contributed by atoms with Gasteiger partial charge in [-0.15, -0.1) is 0 Å². The molecule has 0 aliphatic heterocycles. The third-order valence-corrected chi connectivity index (χ3v) is 4.86. The zero-order valence-corrected chi connectivity index (χ0v) is 13.2. The molecule has 0 spiro atoms. The second-order valence-corrected chi connectivity index (χ2v) is 7.09. The van der Waals surface area contributed by atoms with Gasteiger partial charge in [0.1, 0.15) is 10.7 Å². The summed E-state index contributed by atoms with van der Waals surface area (Å²) in [6.45, 7) is 1.77. The first-order valence-corrected chi connectivity index (χ1v) is 8.26. The highest BCUT2D eigenvalue weighted by atomic mass is 79.9. The summed E-state index contributed by atoms with van der Waals surface area (Å²) in [7, 11) is -3.65. The summed E-state index contributed by atoms with van der Waals surface area (Å²) in [6, 6.07) is 7.95. The fourth-order valence-electron chi connectivity index (χ4n) is 1.86. The Hall–Kier alpha value is -1.31. The molecule has 0 aliphatic carbocycles. The van der Waals surface area contributed by atoms with Crippen molar-refractivity contribution < 1.29 is 12.8 Å². The van der Waals surface area contributed by atoms with Crippen LogP contribution in [0, 0.1) is 0 Å². The van der Waals surface area contributed by atoms with Gasteiger partial charge in [-0.2, -0.15) is 0 Å². The van der Waals surface area contributed by atoms with Gasteiger partial charge in [0.25, 0.3) is 0 Å². The van der Waals surface area contributed by atoms with Gasteiger partial charge in [-0.1, -0.05) is 15.9 Å². The van der Waals surface area contributed by atoms with E-state index in [4.69, 9.17) is 10.2 Å². The third-order valence-electron chi connectivity index (χ3n) is 2.71. The Morgan fingerprint density at radius 3 is 2.75 bits per heavy atom. The monoisotopic (exact) mass is 358 g/mol. The molecule has 1 unspecified atom stereocenters. The quantitative estimate of drug-likeness (QED) is 0.804. The zero-order chi connectivity index (χ0) is 14.8. The second-order valence-electron chi connectivity index (χ2n) is 4.49. The molecule has 1 heterocycles. The van der Waals surface area contributed by atoms with Crippen LogP contribution in [0.1, 0.15) is 12.7 Å². The Balaban J connectivity index is 2.14. The summed E-state index contributed by atoms with van der Waals surface area (Å²) >= 11 is 3.25. The van der Waals surface area contributed by atoms with Gasteiger partial charge in [0, 0.05) is 16.9 Å². The van der Waals surface area contributed by atoms with Crippen molar-refractivity contribution in [3.05, 3.63) is 46.8 Å². The number of nitrogen functional groups attached to an aromatic ring is 1. The number of anilines is 1. The lowest BCUT2D eigenvalue weighted by Crippen LogP contribution is -2.34. The van der Waals surface area contributed by atoms with E-state index < -0.39 is 10.0 Å². The predicted molar refractivity (Wildman–Crippen MR) is 80.7 cm³/mol. The Morgan fingerprint density at radius 1 is 1.40 bits per heavy atom. The zero-order valence-electron chi connectivity index (χ0n) is 10.8. The number of hydrogen-bond donors (Lipinski definition) is 2. The molecule has 2 rings (SSSR count). The van der Waals surface area contributed by atoms with Crippen LogP contribution in [0.5, 0.6) is 0 Å². The lowest BCUT2D eigenvalue weighted by Gasteiger charge is -2.14. The largest absolute Gasteiger partial charge is 0.469 e. The number of hydrogen-bond acceptors (Lipinski definition) is 4. The Morgan fingerprint density at radius 2 is 2.15 bits per heavy atom. The van der Waals surface area contributed by atoms with Crippen LogP contribution in [-0.2, 0) is 16.4 Å². The Kier molecular flexibility index (Phi) is 4.52. The lowest BCUT2D eigenvalue weighted by molar-refractivity contribution is 0.479. The highest BCUT2D eigenvalue weighted by Gasteiger charge is 2.20. The minimum absolute atomic E-state index is 0.0759. The lowest BCUT2D eigenvalue weighted by atomic mass is 10.2. The fraction of sp³-hybridized carbons (Fsp3) is 0.231. The highest BCUT2D eigenvalue weighted by Crippen LogP contribution is 2.23. The molecule has 0 saturated carbocycles. The van der Waals surface area contributed by atoms with Gasteiger partial charge in [0.15, 0.2) is 0 Å². The standard InChI is InChI=1S/C13H15BrN2O3S/c1-9(7-11-3-2-6-19-11)16-20(17,18)13-5-4-10(14)8-12(13)15/h2-6,8-9,16H,7,15H2,1H3. The van der Waals surface area contributed by atoms with Crippen LogP contribution in [0.2, 0.25) is 0 Å². The van der Waals surface area contributed by atoms with Crippen molar-refractivity contribution in [3.8, 4) is 0 Å². The minimum Gasteiger partial charge on any atom is -0.469 e. The normalized spacial score (nSPS) is 13.3. The SMILES string of the molecule is CC(Cc1ccco1)NS(=O)(=O)c1ccc(Br)cc1N.